The molecule has 1 rings (SSSR count). The van der Waals surface area contributed by atoms with Gasteiger partial charge in [0.25, 0.3) is 0 Å². The highest BCUT2D eigenvalue weighted by atomic mass is 19.1. The van der Waals surface area contributed by atoms with Crippen LogP contribution in [-0.4, -0.2) is 35.3 Å². The number of pyridine rings is 1. The van der Waals surface area contributed by atoms with Crippen molar-refractivity contribution >= 4 is 12.1 Å². The molecule has 134 valence electrons. The standard InChI is InChI=1S/C17H25FN2O4/c1-5-6-9-23-15(21)14(20-16(22)24-17(2,3)4)10-13-8-7-12(18)11-19-13/h7-8,11,14H,5-6,9-10H2,1-4H3,(H,20,22)/t14-/m0/s1. The second-order valence-corrected chi connectivity index (χ2v) is 6.39. The average molecular weight is 340 g/mol. The van der Waals surface area contributed by atoms with E-state index in [0.717, 1.165) is 19.0 Å². The summed E-state index contributed by atoms with van der Waals surface area (Å²) in [4.78, 5) is 28.0. The number of nitrogens with one attached hydrogen (secondary N) is 1. The van der Waals surface area contributed by atoms with Gasteiger partial charge in [-0.1, -0.05) is 13.3 Å². The van der Waals surface area contributed by atoms with E-state index in [1.54, 1.807) is 20.8 Å². The SMILES string of the molecule is CCCCOC(=O)[C@H](Cc1ccc(F)cn1)NC(=O)OC(C)(C)C. The van der Waals surface area contributed by atoms with Gasteiger partial charge in [-0.15, -0.1) is 0 Å². The fraction of sp³-hybridized carbons (Fsp3) is 0.588. The van der Waals surface area contributed by atoms with Crippen molar-refractivity contribution in [3.05, 3.63) is 29.8 Å². The zero-order valence-corrected chi connectivity index (χ0v) is 14.6. The second-order valence-electron chi connectivity index (χ2n) is 6.39. The molecule has 0 aliphatic carbocycles. The van der Waals surface area contributed by atoms with Crippen LogP contribution in [0, 0.1) is 5.82 Å². The number of esters is 1. The third-order valence-corrected chi connectivity index (χ3v) is 2.92. The van der Waals surface area contributed by atoms with Crippen LogP contribution in [0.5, 0.6) is 0 Å². The molecule has 0 aromatic carbocycles. The summed E-state index contributed by atoms with van der Waals surface area (Å²) < 4.78 is 23.3. The minimum Gasteiger partial charge on any atom is -0.464 e. The Morgan fingerprint density at radius 3 is 2.58 bits per heavy atom. The smallest absolute Gasteiger partial charge is 0.408 e. The van der Waals surface area contributed by atoms with Crippen LogP contribution >= 0.6 is 0 Å². The largest absolute Gasteiger partial charge is 0.464 e. The third kappa shape index (κ3) is 7.89. The van der Waals surface area contributed by atoms with Crippen molar-refractivity contribution in [2.24, 2.45) is 0 Å². The van der Waals surface area contributed by atoms with Gasteiger partial charge in [-0.2, -0.15) is 0 Å². The fourth-order valence-electron chi connectivity index (χ4n) is 1.80. The van der Waals surface area contributed by atoms with Gasteiger partial charge in [0, 0.05) is 12.1 Å². The summed E-state index contributed by atoms with van der Waals surface area (Å²) in [6, 6.07) is 1.75. The number of carbonyl (C=O) groups is 2. The number of ether oxygens (including phenoxy) is 2. The summed E-state index contributed by atoms with van der Waals surface area (Å²) in [5.41, 5.74) is -0.223. The minimum absolute atomic E-state index is 0.0878. The normalized spacial score (nSPS) is 12.4. The molecule has 6 nitrogen and oxygen atoms in total. The Morgan fingerprint density at radius 2 is 2.04 bits per heavy atom. The molecule has 1 atom stereocenters. The Kier molecular flexibility index (Phi) is 7.61. The molecule has 0 radical (unpaired) electrons. The van der Waals surface area contributed by atoms with Gasteiger partial charge >= 0.3 is 12.1 Å². The summed E-state index contributed by atoms with van der Waals surface area (Å²) >= 11 is 0. The first-order valence-electron chi connectivity index (χ1n) is 7.98. The molecule has 0 spiro atoms. The van der Waals surface area contributed by atoms with E-state index in [1.807, 2.05) is 6.92 Å². The lowest BCUT2D eigenvalue weighted by molar-refractivity contribution is -0.146. The molecular weight excluding hydrogens is 315 g/mol. The van der Waals surface area contributed by atoms with Crippen molar-refractivity contribution in [1.29, 1.82) is 0 Å². The van der Waals surface area contributed by atoms with Crippen molar-refractivity contribution in [1.82, 2.24) is 10.3 Å². The van der Waals surface area contributed by atoms with E-state index < -0.39 is 29.5 Å². The molecule has 1 amide bonds. The molecule has 1 aromatic heterocycles. The van der Waals surface area contributed by atoms with Crippen molar-refractivity contribution in [2.75, 3.05) is 6.61 Å². The molecule has 0 fully saturated rings. The number of carbonyl (C=O) groups excluding carboxylic acids is 2. The van der Waals surface area contributed by atoms with Crippen LogP contribution in [0.25, 0.3) is 0 Å². The molecule has 0 saturated carbocycles. The van der Waals surface area contributed by atoms with E-state index in [-0.39, 0.29) is 13.0 Å². The van der Waals surface area contributed by atoms with E-state index in [9.17, 15) is 14.0 Å². The lowest BCUT2D eigenvalue weighted by atomic mass is 10.1. The number of unbranched alkanes of at least 4 members (excludes halogenated alkanes) is 1. The van der Waals surface area contributed by atoms with E-state index in [2.05, 4.69) is 10.3 Å². The molecule has 0 aliphatic rings. The first kappa shape index (κ1) is 19.9. The first-order chi connectivity index (χ1) is 11.2. The number of hydrogen-bond acceptors (Lipinski definition) is 5. The number of halogens is 1. The van der Waals surface area contributed by atoms with Crippen LogP contribution in [0.3, 0.4) is 0 Å². The summed E-state index contributed by atoms with van der Waals surface area (Å²) in [5, 5.41) is 2.49. The lowest BCUT2D eigenvalue weighted by Crippen LogP contribution is -2.45. The summed E-state index contributed by atoms with van der Waals surface area (Å²) in [7, 11) is 0. The molecule has 0 saturated heterocycles. The molecule has 0 aliphatic heterocycles. The monoisotopic (exact) mass is 340 g/mol. The second kappa shape index (κ2) is 9.20. The highest BCUT2D eigenvalue weighted by molar-refractivity contribution is 5.81. The maximum absolute atomic E-state index is 12.9. The minimum atomic E-state index is -0.949. The number of alkyl carbamates (subject to hydrolysis) is 1. The Hall–Kier alpha value is -2.18. The number of amides is 1. The molecule has 1 N–H and O–H groups in total. The Balaban J connectivity index is 2.76. The average Bonchev–Trinajstić information content (AvgIpc) is 2.47. The predicted octanol–water partition coefficient (Wildman–Crippen LogP) is 3.00. The van der Waals surface area contributed by atoms with E-state index in [1.165, 1.54) is 12.1 Å². The van der Waals surface area contributed by atoms with Crippen LogP contribution in [0.15, 0.2) is 18.3 Å². The molecule has 0 bridgehead atoms. The van der Waals surface area contributed by atoms with Gasteiger partial charge in [-0.25, -0.2) is 14.0 Å². The van der Waals surface area contributed by atoms with Crippen molar-refractivity contribution in [2.45, 2.75) is 58.6 Å². The molecule has 1 aromatic rings. The van der Waals surface area contributed by atoms with Gasteiger partial charge in [0.05, 0.1) is 12.8 Å². The lowest BCUT2D eigenvalue weighted by Gasteiger charge is -2.22. The van der Waals surface area contributed by atoms with E-state index in [4.69, 9.17) is 9.47 Å². The van der Waals surface area contributed by atoms with Crippen LogP contribution in [0.2, 0.25) is 0 Å². The molecular formula is C17H25FN2O4. The van der Waals surface area contributed by atoms with Gasteiger partial charge < -0.3 is 14.8 Å². The topological polar surface area (TPSA) is 77.5 Å². The molecule has 0 unspecified atom stereocenters. The van der Waals surface area contributed by atoms with Gasteiger partial charge in [0.1, 0.15) is 17.5 Å². The Morgan fingerprint density at radius 1 is 1.33 bits per heavy atom. The zero-order chi connectivity index (χ0) is 18.2. The zero-order valence-electron chi connectivity index (χ0n) is 14.6. The quantitative estimate of drug-likeness (QED) is 0.610. The van der Waals surface area contributed by atoms with Crippen molar-refractivity contribution in [3.8, 4) is 0 Å². The number of hydrogen-bond donors (Lipinski definition) is 1. The van der Waals surface area contributed by atoms with Gasteiger partial charge in [0.2, 0.25) is 0 Å². The summed E-state index contributed by atoms with van der Waals surface area (Å²) in [5.74, 6) is -1.04. The fourth-order valence-corrected chi connectivity index (χ4v) is 1.80. The maximum Gasteiger partial charge on any atom is 0.408 e. The number of aromatic nitrogens is 1. The van der Waals surface area contributed by atoms with Crippen LogP contribution in [0.4, 0.5) is 9.18 Å². The molecule has 7 heteroatoms. The highest BCUT2D eigenvalue weighted by Crippen LogP contribution is 2.09. The maximum atomic E-state index is 12.9. The highest BCUT2D eigenvalue weighted by Gasteiger charge is 2.26. The third-order valence-electron chi connectivity index (χ3n) is 2.92. The number of rotatable bonds is 7. The van der Waals surface area contributed by atoms with E-state index in [0.29, 0.717) is 5.69 Å². The van der Waals surface area contributed by atoms with Crippen LogP contribution in [-0.2, 0) is 20.7 Å². The first-order valence-corrected chi connectivity index (χ1v) is 7.98. The van der Waals surface area contributed by atoms with E-state index >= 15 is 0 Å². The summed E-state index contributed by atoms with van der Waals surface area (Å²) in [6.45, 7) is 7.43. The van der Waals surface area contributed by atoms with Gasteiger partial charge in [-0.05, 0) is 39.3 Å². The van der Waals surface area contributed by atoms with Crippen molar-refractivity contribution in [3.63, 3.8) is 0 Å². The van der Waals surface area contributed by atoms with Crippen LogP contribution < -0.4 is 5.32 Å². The molecule has 24 heavy (non-hydrogen) atoms. The predicted molar refractivity (Wildman–Crippen MR) is 86.9 cm³/mol. The van der Waals surface area contributed by atoms with Crippen molar-refractivity contribution < 1.29 is 23.5 Å². The van der Waals surface area contributed by atoms with Gasteiger partial charge in [0.15, 0.2) is 0 Å². The Labute approximate surface area is 141 Å². The van der Waals surface area contributed by atoms with Crippen LogP contribution in [0.1, 0.15) is 46.2 Å². The van der Waals surface area contributed by atoms with Gasteiger partial charge in [-0.3, -0.25) is 4.98 Å². The molecule has 1 heterocycles. The summed E-state index contributed by atoms with van der Waals surface area (Å²) in [6.07, 6.45) is 2.05. The Bertz CT molecular complexity index is 541. The number of nitrogens with zero attached hydrogens (tertiary/aromatic N) is 1.